The molecule has 9 heteroatoms. The van der Waals surface area contributed by atoms with Crippen LogP contribution in [0.2, 0.25) is 0 Å². The van der Waals surface area contributed by atoms with Crippen LogP contribution in [0.25, 0.3) is 0 Å². The summed E-state index contributed by atoms with van der Waals surface area (Å²) in [5.41, 5.74) is 0.0737. The minimum absolute atomic E-state index is 0.0737. The lowest BCUT2D eigenvalue weighted by atomic mass is 10.2. The fourth-order valence-corrected chi connectivity index (χ4v) is 3.16. The molecule has 2 N–H and O–H groups in total. The van der Waals surface area contributed by atoms with Gasteiger partial charge in [0, 0.05) is 13.2 Å². The molecule has 1 heterocycles. The zero-order valence-corrected chi connectivity index (χ0v) is 13.5. The maximum Gasteiger partial charge on any atom is 0.354 e. The number of carboxylic acids is 1. The number of nitrogens with one attached hydrogen (secondary N) is 1. The van der Waals surface area contributed by atoms with Crippen LogP contribution in [0.15, 0.2) is 17.2 Å². The van der Waals surface area contributed by atoms with Gasteiger partial charge < -0.3 is 14.4 Å². The highest BCUT2D eigenvalue weighted by atomic mass is 32.2. The van der Waals surface area contributed by atoms with Gasteiger partial charge in [0.1, 0.15) is 16.6 Å². The van der Waals surface area contributed by atoms with Crippen molar-refractivity contribution in [1.29, 1.82) is 0 Å². The largest absolute Gasteiger partial charge is 0.480 e. The number of aryl methyl sites for hydroxylation is 1. The van der Waals surface area contributed by atoms with Gasteiger partial charge in [0.15, 0.2) is 0 Å². The zero-order chi connectivity index (χ0) is 16.9. The number of rotatable bonds is 8. The van der Waals surface area contributed by atoms with Gasteiger partial charge in [0.2, 0.25) is 10.0 Å². The number of aromatic nitrogens is 1. The van der Waals surface area contributed by atoms with Crippen LogP contribution in [0.3, 0.4) is 0 Å². The quantitative estimate of drug-likeness (QED) is 0.678. The van der Waals surface area contributed by atoms with Gasteiger partial charge in [-0.3, -0.25) is 4.79 Å². The average molecular weight is 332 g/mol. The van der Waals surface area contributed by atoms with E-state index in [1.807, 2.05) is 0 Å². The van der Waals surface area contributed by atoms with Crippen molar-refractivity contribution in [3.63, 3.8) is 0 Å². The van der Waals surface area contributed by atoms with Crippen LogP contribution in [-0.4, -0.2) is 42.7 Å². The van der Waals surface area contributed by atoms with Crippen LogP contribution in [0.5, 0.6) is 0 Å². The summed E-state index contributed by atoms with van der Waals surface area (Å²) in [4.78, 5) is 22.6. The molecule has 0 aliphatic heterocycles. The molecule has 0 amide bonds. The van der Waals surface area contributed by atoms with Crippen LogP contribution < -0.4 is 4.72 Å². The van der Waals surface area contributed by atoms with E-state index in [-0.39, 0.29) is 23.6 Å². The van der Waals surface area contributed by atoms with E-state index in [1.54, 1.807) is 13.8 Å². The van der Waals surface area contributed by atoms with Gasteiger partial charge in [-0.25, -0.2) is 13.2 Å². The summed E-state index contributed by atoms with van der Waals surface area (Å²) in [6, 6.07) is -0.0493. The third kappa shape index (κ3) is 4.31. The molecular weight excluding hydrogens is 312 g/mol. The Balaban J connectivity index is 3.06. The van der Waals surface area contributed by atoms with Crippen LogP contribution in [0.4, 0.5) is 0 Å². The fourth-order valence-electron chi connectivity index (χ4n) is 1.87. The monoisotopic (exact) mass is 332 g/mol. The maximum atomic E-state index is 12.2. The zero-order valence-electron chi connectivity index (χ0n) is 12.7. The van der Waals surface area contributed by atoms with Gasteiger partial charge >= 0.3 is 11.9 Å². The molecule has 0 aliphatic carbocycles. The van der Waals surface area contributed by atoms with Gasteiger partial charge in [-0.15, -0.1) is 0 Å². The second kappa shape index (κ2) is 7.41. The van der Waals surface area contributed by atoms with Crippen LogP contribution in [-0.2, 0) is 26.6 Å². The lowest BCUT2D eigenvalue weighted by Gasteiger charge is -2.12. The van der Waals surface area contributed by atoms with Crippen molar-refractivity contribution in [1.82, 2.24) is 9.29 Å². The standard InChI is InChI=1S/C13H20N2O6S/c1-4-6-10(12(16)17)14-22(19,20)9-7-11(15(3)8-9)13(18)21-5-2/h7-8,10,14H,4-6H2,1-3H3,(H,16,17). The predicted octanol–water partition coefficient (Wildman–Crippen LogP) is 0.733. The average Bonchev–Trinajstić information content (AvgIpc) is 2.81. The minimum Gasteiger partial charge on any atom is -0.480 e. The first-order valence-electron chi connectivity index (χ1n) is 6.81. The number of aliphatic carboxylic acids is 1. The highest BCUT2D eigenvalue weighted by Gasteiger charge is 2.27. The first-order valence-corrected chi connectivity index (χ1v) is 8.29. The maximum absolute atomic E-state index is 12.2. The summed E-state index contributed by atoms with van der Waals surface area (Å²) in [5, 5.41) is 9.03. The Bertz CT molecular complexity index is 649. The van der Waals surface area contributed by atoms with Gasteiger partial charge in [-0.05, 0) is 19.4 Å². The van der Waals surface area contributed by atoms with Gasteiger partial charge in [0.05, 0.1) is 6.61 Å². The molecule has 0 radical (unpaired) electrons. The lowest BCUT2D eigenvalue weighted by Crippen LogP contribution is -2.40. The second-order valence-corrected chi connectivity index (χ2v) is 6.41. The van der Waals surface area contributed by atoms with Crippen LogP contribution in [0, 0.1) is 0 Å². The molecule has 0 saturated carbocycles. The number of hydrogen-bond donors (Lipinski definition) is 2. The fraction of sp³-hybridized carbons (Fsp3) is 0.538. The van der Waals surface area contributed by atoms with Crippen molar-refractivity contribution in [2.24, 2.45) is 7.05 Å². The molecule has 1 aromatic heterocycles. The molecule has 22 heavy (non-hydrogen) atoms. The molecule has 0 aliphatic rings. The molecule has 0 fully saturated rings. The van der Waals surface area contributed by atoms with Crippen molar-refractivity contribution in [2.75, 3.05) is 6.61 Å². The topological polar surface area (TPSA) is 115 Å². The molecule has 1 unspecified atom stereocenters. The Labute approximate surface area is 129 Å². The number of ether oxygens (including phenoxy) is 1. The van der Waals surface area contributed by atoms with E-state index in [2.05, 4.69) is 4.72 Å². The highest BCUT2D eigenvalue weighted by molar-refractivity contribution is 7.89. The van der Waals surface area contributed by atoms with E-state index in [9.17, 15) is 18.0 Å². The minimum atomic E-state index is -4.04. The van der Waals surface area contributed by atoms with Gasteiger partial charge in [-0.2, -0.15) is 4.72 Å². The van der Waals surface area contributed by atoms with Crippen molar-refractivity contribution in [3.05, 3.63) is 18.0 Å². The summed E-state index contributed by atoms with van der Waals surface area (Å²) >= 11 is 0. The second-order valence-electron chi connectivity index (χ2n) is 4.69. The first kappa shape index (κ1) is 18.2. The molecule has 0 saturated heterocycles. The van der Waals surface area contributed by atoms with Crippen molar-refractivity contribution in [3.8, 4) is 0 Å². The molecular formula is C13H20N2O6S. The smallest absolute Gasteiger partial charge is 0.354 e. The van der Waals surface area contributed by atoms with E-state index >= 15 is 0 Å². The van der Waals surface area contributed by atoms with E-state index in [0.717, 1.165) is 6.07 Å². The van der Waals surface area contributed by atoms with E-state index < -0.39 is 28.0 Å². The highest BCUT2D eigenvalue weighted by Crippen LogP contribution is 2.15. The van der Waals surface area contributed by atoms with Crippen molar-refractivity contribution in [2.45, 2.75) is 37.6 Å². The Morgan fingerprint density at radius 3 is 2.55 bits per heavy atom. The Morgan fingerprint density at radius 1 is 1.41 bits per heavy atom. The lowest BCUT2D eigenvalue weighted by molar-refractivity contribution is -0.139. The Kier molecular flexibility index (Phi) is 6.12. The summed E-state index contributed by atoms with van der Waals surface area (Å²) in [7, 11) is -2.53. The van der Waals surface area contributed by atoms with Gasteiger partial charge in [0.25, 0.3) is 0 Å². The van der Waals surface area contributed by atoms with Crippen LogP contribution >= 0.6 is 0 Å². The summed E-state index contributed by atoms with van der Waals surface area (Å²) in [6.07, 6.45) is 1.92. The summed E-state index contributed by atoms with van der Waals surface area (Å²) < 4.78 is 32.7. The normalized spacial score (nSPS) is 12.9. The molecule has 1 rings (SSSR count). The van der Waals surface area contributed by atoms with Crippen molar-refractivity contribution < 1.29 is 27.9 Å². The van der Waals surface area contributed by atoms with Crippen molar-refractivity contribution >= 4 is 22.0 Å². The Morgan fingerprint density at radius 2 is 2.05 bits per heavy atom. The number of hydrogen-bond acceptors (Lipinski definition) is 5. The molecule has 8 nitrogen and oxygen atoms in total. The van der Waals surface area contributed by atoms with E-state index in [0.29, 0.717) is 6.42 Å². The Hall–Kier alpha value is -1.87. The molecule has 0 spiro atoms. The summed E-state index contributed by atoms with van der Waals surface area (Å²) in [5.74, 6) is -1.89. The molecule has 1 aromatic rings. The third-order valence-electron chi connectivity index (χ3n) is 2.95. The SMILES string of the molecule is CCCC(NS(=O)(=O)c1cc(C(=O)OCC)n(C)c1)C(=O)O. The number of carbonyl (C=O) groups is 2. The van der Waals surface area contributed by atoms with Crippen LogP contribution in [0.1, 0.15) is 37.2 Å². The molecule has 0 bridgehead atoms. The number of carboxylic acid groups (broad SMARTS) is 1. The summed E-state index contributed by atoms with van der Waals surface area (Å²) in [6.45, 7) is 3.57. The number of carbonyl (C=O) groups excluding carboxylic acids is 1. The number of nitrogens with zero attached hydrogens (tertiary/aromatic N) is 1. The molecule has 1 atom stereocenters. The molecule has 0 aromatic carbocycles. The van der Waals surface area contributed by atoms with E-state index in [1.165, 1.54) is 17.8 Å². The predicted molar refractivity (Wildman–Crippen MR) is 78.0 cm³/mol. The van der Waals surface area contributed by atoms with E-state index in [4.69, 9.17) is 9.84 Å². The number of sulfonamides is 1. The molecule has 124 valence electrons. The number of esters is 1. The third-order valence-corrected chi connectivity index (χ3v) is 4.39. The first-order chi connectivity index (χ1) is 10.2. The van der Waals surface area contributed by atoms with Gasteiger partial charge in [-0.1, -0.05) is 13.3 Å².